The molecule has 0 N–H and O–H groups in total. The van der Waals surface area contributed by atoms with Gasteiger partial charge in [0.05, 0.1) is 51.0 Å². The number of carbonyl (C=O) groups is 2. The number of nitrogens with zero attached hydrogens (tertiary/aromatic N) is 1. The Morgan fingerprint density at radius 3 is 1.87 bits per heavy atom. The van der Waals surface area contributed by atoms with Gasteiger partial charge in [0.2, 0.25) is 0 Å². The van der Waals surface area contributed by atoms with Gasteiger partial charge in [0, 0.05) is 11.8 Å². The third kappa shape index (κ3) is 1.37. The van der Waals surface area contributed by atoms with Crippen LogP contribution in [0.4, 0.5) is 0 Å². The van der Waals surface area contributed by atoms with Crippen molar-refractivity contribution in [3.63, 3.8) is 0 Å². The van der Waals surface area contributed by atoms with Gasteiger partial charge in [0.1, 0.15) is 0 Å². The van der Waals surface area contributed by atoms with Gasteiger partial charge in [-0.3, -0.25) is 14.4 Å². The molecule has 3 saturated heterocycles. The summed E-state index contributed by atoms with van der Waals surface area (Å²) in [5, 5.41) is 1.49. The van der Waals surface area contributed by atoms with E-state index in [0.717, 1.165) is 5.06 Å². The minimum absolute atomic E-state index is 0.239. The van der Waals surface area contributed by atoms with Crippen molar-refractivity contribution in [2.75, 3.05) is 7.11 Å². The minimum atomic E-state index is -0.931. The highest BCUT2D eigenvalue weighted by atomic mass is 35.5. The van der Waals surface area contributed by atoms with Gasteiger partial charge in [-0.15, -0.1) is 23.2 Å². The highest BCUT2D eigenvalue weighted by Crippen LogP contribution is 2.75. The molecule has 0 aromatic rings. The van der Waals surface area contributed by atoms with Crippen molar-refractivity contribution in [3.8, 4) is 0 Å². The summed E-state index contributed by atoms with van der Waals surface area (Å²) in [6.45, 7) is 0. The fraction of sp³-hybridized carbons (Fsp3) is 0.714. The zero-order valence-electron chi connectivity index (χ0n) is 11.8. The van der Waals surface area contributed by atoms with Crippen LogP contribution in [0.15, 0.2) is 10.1 Å². The smallest absolute Gasteiger partial charge is 0.260 e. The van der Waals surface area contributed by atoms with Crippen molar-refractivity contribution in [1.82, 2.24) is 5.06 Å². The van der Waals surface area contributed by atoms with E-state index >= 15 is 0 Å². The van der Waals surface area contributed by atoms with E-state index in [1.54, 1.807) is 0 Å². The molecular weight excluding hydrogens is 388 g/mol. The Balaban J connectivity index is 1.65. The van der Waals surface area contributed by atoms with E-state index in [1.807, 2.05) is 0 Å². The minimum Gasteiger partial charge on any atom is -0.373 e. The molecule has 23 heavy (non-hydrogen) atoms. The van der Waals surface area contributed by atoms with Gasteiger partial charge >= 0.3 is 0 Å². The lowest BCUT2D eigenvalue weighted by Crippen LogP contribution is -2.50. The molecule has 1 saturated carbocycles. The molecule has 124 valence electrons. The number of allylic oxidation sites excluding steroid dienone is 2. The van der Waals surface area contributed by atoms with E-state index in [2.05, 4.69) is 0 Å². The molecule has 3 aliphatic heterocycles. The average Bonchev–Trinajstić information content (AvgIpc) is 3.21. The number of halogens is 4. The largest absolute Gasteiger partial charge is 0.373 e. The quantitative estimate of drug-likeness (QED) is 0.502. The lowest BCUT2D eigenvalue weighted by Gasteiger charge is -2.40. The zero-order valence-corrected chi connectivity index (χ0v) is 14.8. The summed E-state index contributed by atoms with van der Waals surface area (Å²) in [4.78, 5) is 28.1. The van der Waals surface area contributed by atoms with Gasteiger partial charge in [0.15, 0.2) is 0 Å². The Morgan fingerprint density at radius 2 is 1.48 bits per heavy atom. The van der Waals surface area contributed by atoms with E-state index in [0.29, 0.717) is 16.5 Å². The summed E-state index contributed by atoms with van der Waals surface area (Å²) in [5.74, 6) is -2.43. The SMILES string of the molecule is CON1C(=O)[C@@H]2[C@H]3O[C@@H]([C@@H]2C1=O)[C@@H]1[C@H]3[C@@]2(Cl)C[C@@]1(Cl)C(Cl)=C2Cl. The second kappa shape index (κ2) is 4.19. The van der Waals surface area contributed by atoms with Crippen LogP contribution < -0.4 is 0 Å². The van der Waals surface area contributed by atoms with Crippen molar-refractivity contribution in [3.05, 3.63) is 10.1 Å². The Bertz CT molecular complexity index is 659. The van der Waals surface area contributed by atoms with Crippen LogP contribution in [0.3, 0.4) is 0 Å². The van der Waals surface area contributed by atoms with Gasteiger partial charge < -0.3 is 4.74 Å². The first-order valence-corrected chi connectivity index (χ1v) is 8.80. The fourth-order valence-electron chi connectivity index (χ4n) is 5.44. The number of ether oxygens (including phenoxy) is 1. The molecule has 5 rings (SSSR count). The van der Waals surface area contributed by atoms with Crippen LogP contribution in [0.1, 0.15) is 6.42 Å². The lowest BCUT2D eigenvalue weighted by molar-refractivity contribution is -0.184. The number of hydrogen-bond acceptors (Lipinski definition) is 4. The average molecular weight is 399 g/mol. The van der Waals surface area contributed by atoms with E-state index in [1.165, 1.54) is 7.11 Å². The van der Waals surface area contributed by atoms with Crippen LogP contribution in [0, 0.1) is 23.7 Å². The summed E-state index contributed by atoms with van der Waals surface area (Å²) in [7, 11) is 1.30. The van der Waals surface area contributed by atoms with Crippen molar-refractivity contribution >= 4 is 58.2 Å². The molecule has 4 fully saturated rings. The monoisotopic (exact) mass is 397 g/mol. The zero-order chi connectivity index (χ0) is 16.5. The third-order valence-corrected chi connectivity index (χ3v) is 8.64. The second-order valence-corrected chi connectivity index (χ2v) is 8.96. The van der Waals surface area contributed by atoms with E-state index < -0.39 is 33.8 Å². The number of fused-ring (bicyclic) bond motifs is 12. The van der Waals surface area contributed by atoms with Gasteiger partial charge in [0.25, 0.3) is 11.8 Å². The number of hydrogen-bond donors (Lipinski definition) is 0. The first-order valence-electron chi connectivity index (χ1n) is 7.29. The number of hydroxylamine groups is 2. The summed E-state index contributed by atoms with van der Waals surface area (Å²) in [5.41, 5.74) is 0. The summed E-state index contributed by atoms with van der Waals surface area (Å²) in [6, 6.07) is 0. The first-order chi connectivity index (χ1) is 10.8. The molecule has 8 atom stereocenters. The van der Waals surface area contributed by atoms with E-state index in [4.69, 9.17) is 56.0 Å². The third-order valence-electron chi connectivity index (χ3n) is 6.15. The number of amides is 2. The van der Waals surface area contributed by atoms with E-state index in [-0.39, 0.29) is 23.7 Å². The number of alkyl halides is 2. The number of rotatable bonds is 1. The second-order valence-electron chi connectivity index (χ2n) is 6.85. The molecule has 3 heterocycles. The van der Waals surface area contributed by atoms with Gasteiger partial charge in [-0.1, -0.05) is 23.2 Å². The Kier molecular flexibility index (Phi) is 2.78. The molecule has 0 spiro atoms. The highest BCUT2D eigenvalue weighted by molar-refractivity contribution is 6.51. The summed E-state index contributed by atoms with van der Waals surface area (Å²) >= 11 is 26.3. The standard InChI is InChI=1S/C14H11Cl4NO4/c1-22-19-11(20)3-4(12(19)21)8-6-5(7(3)23-8)13(17)2-14(6,18)10(16)9(13)15/h3-8H,2H2,1H3/t3-,4+,5+,6-,7+,8-,13-,14-/m0/s1. The molecule has 2 aliphatic carbocycles. The van der Waals surface area contributed by atoms with Crippen LogP contribution in [0.5, 0.6) is 0 Å². The first kappa shape index (κ1) is 15.2. The van der Waals surface area contributed by atoms with Crippen LogP contribution in [-0.2, 0) is 19.2 Å². The Labute approximate surface area is 151 Å². The molecule has 5 nitrogen and oxygen atoms in total. The maximum Gasteiger partial charge on any atom is 0.260 e. The summed E-state index contributed by atoms with van der Waals surface area (Å²) < 4.78 is 6.01. The van der Waals surface area contributed by atoms with Crippen LogP contribution in [0.2, 0.25) is 0 Å². The lowest BCUT2D eigenvalue weighted by atomic mass is 9.65. The van der Waals surface area contributed by atoms with Gasteiger partial charge in [-0.05, 0) is 6.42 Å². The fourth-order valence-corrected chi connectivity index (χ4v) is 7.46. The van der Waals surface area contributed by atoms with Crippen LogP contribution >= 0.6 is 46.4 Å². The highest BCUT2D eigenvalue weighted by Gasteiger charge is 2.81. The maximum absolute atomic E-state index is 12.5. The molecular formula is C14H11Cl4NO4. The predicted molar refractivity (Wildman–Crippen MR) is 82.0 cm³/mol. The van der Waals surface area contributed by atoms with Crippen LogP contribution in [-0.4, -0.2) is 45.9 Å². The molecule has 0 radical (unpaired) electrons. The molecule has 0 aromatic carbocycles. The maximum atomic E-state index is 12.5. The van der Waals surface area contributed by atoms with Crippen molar-refractivity contribution in [2.24, 2.45) is 23.7 Å². The molecule has 5 aliphatic rings. The molecule has 0 unspecified atom stereocenters. The Hall–Kier alpha value is -0.0400. The van der Waals surface area contributed by atoms with Crippen molar-refractivity contribution < 1.29 is 19.2 Å². The molecule has 9 heteroatoms. The van der Waals surface area contributed by atoms with Gasteiger partial charge in [-0.2, -0.15) is 5.06 Å². The predicted octanol–water partition coefficient (Wildman–Crippen LogP) is 2.22. The van der Waals surface area contributed by atoms with Crippen LogP contribution in [0.25, 0.3) is 0 Å². The van der Waals surface area contributed by atoms with Crippen molar-refractivity contribution in [2.45, 2.75) is 28.4 Å². The normalized spacial score (nSPS) is 56.1. The van der Waals surface area contributed by atoms with Crippen molar-refractivity contribution in [1.29, 1.82) is 0 Å². The van der Waals surface area contributed by atoms with Gasteiger partial charge in [-0.25, -0.2) is 0 Å². The Morgan fingerprint density at radius 1 is 1.04 bits per heavy atom. The topological polar surface area (TPSA) is 55.8 Å². The molecule has 0 aromatic heterocycles. The summed E-state index contributed by atoms with van der Waals surface area (Å²) in [6.07, 6.45) is -0.603. The van der Waals surface area contributed by atoms with E-state index in [9.17, 15) is 9.59 Å². The molecule has 4 bridgehead atoms. The number of imide groups is 1. The molecule has 2 amide bonds. The number of carbonyl (C=O) groups excluding carboxylic acids is 2.